The van der Waals surface area contributed by atoms with E-state index in [2.05, 4.69) is 31.6 Å². The van der Waals surface area contributed by atoms with E-state index in [0.29, 0.717) is 19.0 Å². The van der Waals surface area contributed by atoms with Crippen LogP contribution >= 0.6 is 11.3 Å². The first-order valence-electron chi connectivity index (χ1n) is 10.2. The maximum Gasteiger partial charge on any atom is 0.234 e. The fourth-order valence-electron chi connectivity index (χ4n) is 3.61. The molecule has 0 unspecified atom stereocenters. The molecule has 1 aliphatic heterocycles. The summed E-state index contributed by atoms with van der Waals surface area (Å²) >= 11 is 1.58. The molecule has 4 rings (SSSR count). The number of thiazole rings is 1. The average molecular weight is 423 g/mol. The second-order valence-electron chi connectivity index (χ2n) is 7.51. The van der Waals surface area contributed by atoms with E-state index in [4.69, 9.17) is 4.98 Å². The van der Waals surface area contributed by atoms with Crippen molar-refractivity contribution in [1.29, 1.82) is 0 Å². The highest BCUT2D eigenvalue weighted by atomic mass is 32.1. The third-order valence-corrected chi connectivity index (χ3v) is 6.07. The molecular weight excluding hydrogens is 396 g/mol. The first-order valence-corrected chi connectivity index (χ1v) is 11.1. The molecule has 0 atom stereocenters. The van der Waals surface area contributed by atoms with Gasteiger partial charge in [0.25, 0.3) is 0 Å². The van der Waals surface area contributed by atoms with Gasteiger partial charge < -0.3 is 10.6 Å². The largest absolute Gasteiger partial charge is 0.349 e. The maximum absolute atomic E-state index is 12.2. The van der Waals surface area contributed by atoms with Gasteiger partial charge in [0.2, 0.25) is 5.91 Å². The molecule has 1 fully saturated rings. The van der Waals surface area contributed by atoms with Crippen LogP contribution in [-0.4, -0.2) is 45.4 Å². The quantitative estimate of drug-likeness (QED) is 0.607. The van der Waals surface area contributed by atoms with Crippen LogP contribution in [0.4, 0.5) is 10.9 Å². The Hall–Kier alpha value is -2.84. The minimum absolute atomic E-state index is 0.0437. The van der Waals surface area contributed by atoms with E-state index in [9.17, 15) is 4.79 Å². The molecule has 0 radical (unpaired) electrons. The van der Waals surface area contributed by atoms with Gasteiger partial charge in [0.1, 0.15) is 5.82 Å². The summed E-state index contributed by atoms with van der Waals surface area (Å²) in [5, 5.41) is 9.13. The van der Waals surface area contributed by atoms with Crippen molar-refractivity contribution in [2.24, 2.45) is 0 Å². The second-order valence-corrected chi connectivity index (χ2v) is 8.37. The van der Waals surface area contributed by atoms with Crippen LogP contribution in [0.3, 0.4) is 0 Å². The van der Waals surface area contributed by atoms with Gasteiger partial charge in [-0.2, -0.15) is 0 Å². The van der Waals surface area contributed by atoms with Crippen LogP contribution in [0.2, 0.25) is 0 Å². The lowest BCUT2D eigenvalue weighted by atomic mass is 9.93. The lowest BCUT2D eigenvalue weighted by molar-refractivity contribution is -0.122. The number of pyridine rings is 2. The number of carbonyl (C=O) groups excluding carboxylic acids is 1. The Labute approximate surface area is 180 Å². The molecule has 1 aliphatic rings. The molecule has 30 heavy (non-hydrogen) atoms. The molecule has 1 amide bonds. The molecular formula is C22H26N6OS. The van der Waals surface area contributed by atoms with E-state index in [1.165, 1.54) is 0 Å². The first kappa shape index (κ1) is 20.4. The summed E-state index contributed by atoms with van der Waals surface area (Å²) in [7, 11) is 0. The highest BCUT2D eigenvalue weighted by Crippen LogP contribution is 2.28. The lowest BCUT2D eigenvalue weighted by Gasteiger charge is -2.31. The summed E-state index contributed by atoms with van der Waals surface area (Å²) in [6.45, 7) is 4.67. The summed E-state index contributed by atoms with van der Waals surface area (Å²) in [4.78, 5) is 27.9. The summed E-state index contributed by atoms with van der Waals surface area (Å²) in [5.41, 5.74) is 2.99. The molecule has 0 bridgehead atoms. The second kappa shape index (κ2) is 9.77. The topological polar surface area (TPSA) is 83.0 Å². The predicted octanol–water partition coefficient (Wildman–Crippen LogP) is 3.48. The van der Waals surface area contributed by atoms with Crippen LogP contribution in [0.5, 0.6) is 0 Å². The summed E-state index contributed by atoms with van der Waals surface area (Å²) in [6, 6.07) is 11.8. The number of likely N-dealkylation sites (tertiary alicyclic amines) is 1. The number of rotatable bonds is 7. The van der Waals surface area contributed by atoms with E-state index in [1.807, 2.05) is 42.6 Å². The standard InChI is InChI=1S/C22H26N6OS/c1-16-15-30-22(25-16)27-20-7-4-6-19(26-20)17-8-11-28(12-9-17)14-21(29)24-13-18-5-2-3-10-23-18/h2-7,10,15,17H,8-9,11-14H2,1H3,(H,24,29)(H,25,26,27). The molecule has 0 aromatic carbocycles. The van der Waals surface area contributed by atoms with Crippen molar-refractivity contribution in [3.63, 3.8) is 0 Å². The van der Waals surface area contributed by atoms with Gasteiger partial charge in [-0.1, -0.05) is 12.1 Å². The third-order valence-electron chi connectivity index (χ3n) is 5.19. The number of amides is 1. The normalized spacial score (nSPS) is 15.1. The highest BCUT2D eigenvalue weighted by molar-refractivity contribution is 7.13. The van der Waals surface area contributed by atoms with Crippen molar-refractivity contribution >= 4 is 28.2 Å². The van der Waals surface area contributed by atoms with E-state index in [1.54, 1.807) is 17.5 Å². The zero-order valence-electron chi connectivity index (χ0n) is 17.0. The highest BCUT2D eigenvalue weighted by Gasteiger charge is 2.23. The van der Waals surface area contributed by atoms with Crippen LogP contribution in [0.1, 0.15) is 35.8 Å². The van der Waals surface area contributed by atoms with Crippen molar-refractivity contribution < 1.29 is 4.79 Å². The number of anilines is 2. The predicted molar refractivity (Wildman–Crippen MR) is 119 cm³/mol. The van der Waals surface area contributed by atoms with Crippen molar-refractivity contribution in [3.8, 4) is 0 Å². The van der Waals surface area contributed by atoms with E-state index >= 15 is 0 Å². The van der Waals surface area contributed by atoms with Crippen LogP contribution in [-0.2, 0) is 11.3 Å². The number of hydrogen-bond acceptors (Lipinski definition) is 7. The SMILES string of the molecule is Cc1csc(Nc2cccc(C3CCN(CC(=O)NCc4ccccn4)CC3)n2)n1. The molecule has 8 heteroatoms. The fourth-order valence-corrected chi connectivity index (χ4v) is 4.30. The lowest BCUT2D eigenvalue weighted by Crippen LogP contribution is -2.41. The van der Waals surface area contributed by atoms with Gasteiger partial charge in [0, 0.05) is 23.2 Å². The van der Waals surface area contributed by atoms with Crippen LogP contribution in [0.25, 0.3) is 0 Å². The zero-order chi connectivity index (χ0) is 20.8. The van der Waals surface area contributed by atoms with Gasteiger partial charge >= 0.3 is 0 Å². The van der Waals surface area contributed by atoms with E-state index in [0.717, 1.165) is 54.0 Å². The number of aryl methyl sites for hydroxylation is 1. The summed E-state index contributed by atoms with van der Waals surface area (Å²) < 4.78 is 0. The Morgan fingerprint density at radius 2 is 2.03 bits per heavy atom. The molecule has 4 heterocycles. The minimum Gasteiger partial charge on any atom is -0.349 e. The van der Waals surface area contributed by atoms with Gasteiger partial charge in [0.15, 0.2) is 5.13 Å². The molecule has 3 aromatic rings. The van der Waals surface area contributed by atoms with Crippen LogP contribution in [0, 0.1) is 6.92 Å². The van der Waals surface area contributed by atoms with Crippen molar-refractivity contribution in [2.75, 3.05) is 25.0 Å². The van der Waals surface area contributed by atoms with E-state index in [-0.39, 0.29) is 5.91 Å². The van der Waals surface area contributed by atoms with Crippen LogP contribution < -0.4 is 10.6 Å². The molecule has 0 saturated carbocycles. The molecule has 156 valence electrons. The molecule has 1 saturated heterocycles. The fraction of sp³-hybridized carbons (Fsp3) is 0.364. The molecule has 3 aromatic heterocycles. The number of nitrogens with one attached hydrogen (secondary N) is 2. The Morgan fingerprint density at radius 3 is 2.77 bits per heavy atom. The number of carbonyl (C=O) groups is 1. The summed E-state index contributed by atoms with van der Waals surface area (Å²) in [6.07, 6.45) is 3.74. The smallest absolute Gasteiger partial charge is 0.234 e. The third kappa shape index (κ3) is 5.61. The van der Waals surface area contributed by atoms with Gasteiger partial charge in [-0.3, -0.25) is 14.7 Å². The zero-order valence-corrected chi connectivity index (χ0v) is 17.9. The molecule has 0 spiro atoms. The monoisotopic (exact) mass is 422 g/mol. The van der Waals surface area contributed by atoms with Crippen molar-refractivity contribution in [2.45, 2.75) is 32.2 Å². The minimum atomic E-state index is 0.0437. The Balaban J connectivity index is 1.25. The van der Waals surface area contributed by atoms with Gasteiger partial charge in [-0.05, 0) is 57.1 Å². The molecule has 7 nitrogen and oxygen atoms in total. The number of hydrogen-bond donors (Lipinski definition) is 2. The summed E-state index contributed by atoms with van der Waals surface area (Å²) in [5.74, 6) is 1.29. The molecule has 2 N–H and O–H groups in total. The maximum atomic E-state index is 12.2. The van der Waals surface area contributed by atoms with E-state index < -0.39 is 0 Å². The Bertz CT molecular complexity index is 969. The van der Waals surface area contributed by atoms with Crippen molar-refractivity contribution in [3.05, 3.63) is 65.1 Å². The number of aromatic nitrogens is 3. The Morgan fingerprint density at radius 1 is 1.17 bits per heavy atom. The van der Waals surface area contributed by atoms with Gasteiger partial charge in [-0.25, -0.2) is 9.97 Å². The number of piperidine rings is 1. The van der Waals surface area contributed by atoms with Crippen molar-refractivity contribution in [1.82, 2.24) is 25.2 Å². The number of nitrogens with zero attached hydrogens (tertiary/aromatic N) is 4. The van der Waals surface area contributed by atoms with Crippen LogP contribution in [0.15, 0.2) is 48.0 Å². The van der Waals surface area contributed by atoms with Gasteiger partial charge in [0.05, 0.1) is 24.5 Å². The average Bonchev–Trinajstić information content (AvgIpc) is 3.18. The molecule has 0 aliphatic carbocycles. The van der Waals surface area contributed by atoms with Gasteiger partial charge in [-0.15, -0.1) is 11.3 Å². The first-order chi connectivity index (χ1) is 14.7. The Kier molecular flexibility index (Phi) is 6.66.